The van der Waals surface area contributed by atoms with Gasteiger partial charge >= 0.3 is 0 Å². The first-order valence-corrected chi connectivity index (χ1v) is 6.68. The van der Waals surface area contributed by atoms with E-state index in [4.69, 9.17) is 10.5 Å². The van der Waals surface area contributed by atoms with Crippen LogP contribution in [0.2, 0.25) is 0 Å². The Labute approximate surface area is 99.3 Å². The Balaban J connectivity index is 1.90. The van der Waals surface area contributed by atoms with E-state index in [1.165, 1.54) is 38.8 Å². The molecule has 2 saturated heterocycles. The first kappa shape index (κ1) is 12.3. The molecule has 0 saturated carbocycles. The molecule has 2 unspecified atom stereocenters. The monoisotopic (exact) mass is 226 g/mol. The molecule has 2 N–H and O–H groups in total. The molecule has 0 aliphatic carbocycles. The highest BCUT2D eigenvalue weighted by Gasteiger charge is 2.34. The second-order valence-electron chi connectivity index (χ2n) is 6.05. The number of likely N-dealkylation sites (tertiary alicyclic amines) is 1. The quantitative estimate of drug-likeness (QED) is 0.794. The molecule has 0 aromatic carbocycles. The molecule has 2 heterocycles. The summed E-state index contributed by atoms with van der Waals surface area (Å²) in [5.74, 6) is 0. The molecule has 94 valence electrons. The largest absolute Gasteiger partial charge is 0.377 e. The standard InChI is InChI=1S/C13H26N2O/c1-13(2)5-7-15(8-6-13)11(10-14)12-4-3-9-16-12/h11-12H,3-10,14H2,1-2H3. The lowest BCUT2D eigenvalue weighted by Crippen LogP contribution is -2.52. The van der Waals surface area contributed by atoms with Crippen molar-refractivity contribution < 1.29 is 4.74 Å². The van der Waals surface area contributed by atoms with Crippen molar-refractivity contribution in [3.63, 3.8) is 0 Å². The first-order valence-electron chi connectivity index (χ1n) is 6.68. The molecule has 0 radical (unpaired) electrons. The van der Waals surface area contributed by atoms with Crippen molar-refractivity contribution in [3.8, 4) is 0 Å². The molecule has 2 fully saturated rings. The average molecular weight is 226 g/mol. The predicted octanol–water partition coefficient (Wildman–Crippen LogP) is 1.61. The van der Waals surface area contributed by atoms with Gasteiger partial charge in [0.1, 0.15) is 0 Å². The van der Waals surface area contributed by atoms with Gasteiger partial charge in [-0.3, -0.25) is 4.90 Å². The van der Waals surface area contributed by atoms with Crippen LogP contribution >= 0.6 is 0 Å². The number of hydrogen-bond donors (Lipinski definition) is 1. The zero-order valence-corrected chi connectivity index (χ0v) is 10.7. The lowest BCUT2D eigenvalue weighted by atomic mass is 9.82. The van der Waals surface area contributed by atoms with E-state index < -0.39 is 0 Å². The van der Waals surface area contributed by atoms with Crippen LogP contribution in [0, 0.1) is 5.41 Å². The molecule has 3 nitrogen and oxygen atoms in total. The predicted molar refractivity (Wildman–Crippen MR) is 66.4 cm³/mol. The number of nitrogens with two attached hydrogens (primary N) is 1. The summed E-state index contributed by atoms with van der Waals surface area (Å²) in [4.78, 5) is 2.56. The molecular weight excluding hydrogens is 200 g/mol. The van der Waals surface area contributed by atoms with Crippen LogP contribution in [0.15, 0.2) is 0 Å². The number of piperidine rings is 1. The van der Waals surface area contributed by atoms with Gasteiger partial charge in [-0.2, -0.15) is 0 Å². The number of nitrogens with zero attached hydrogens (tertiary/aromatic N) is 1. The van der Waals surface area contributed by atoms with Crippen LogP contribution in [-0.4, -0.2) is 43.3 Å². The van der Waals surface area contributed by atoms with E-state index >= 15 is 0 Å². The van der Waals surface area contributed by atoms with Crippen LogP contribution in [0.1, 0.15) is 39.5 Å². The Morgan fingerprint density at radius 1 is 1.38 bits per heavy atom. The Bertz CT molecular complexity index is 214. The molecule has 2 aliphatic rings. The molecule has 16 heavy (non-hydrogen) atoms. The van der Waals surface area contributed by atoms with Crippen molar-refractivity contribution in [1.82, 2.24) is 4.90 Å². The van der Waals surface area contributed by atoms with Gasteiger partial charge in [-0.25, -0.2) is 0 Å². The second kappa shape index (κ2) is 5.03. The Morgan fingerprint density at radius 3 is 2.56 bits per heavy atom. The third-order valence-corrected chi connectivity index (χ3v) is 4.26. The van der Waals surface area contributed by atoms with E-state index in [0.29, 0.717) is 17.6 Å². The molecule has 0 bridgehead atoms. The molecule has 0 amide bonds. The summed E-state index contributed by atoms with van der Waals surface area (Å²) < 4.78 is 5.79. The maximum Gasteiger partial charge on any atom is 0.0743 e. The van der Waals surface area contributed by atoms with E-state index in [2.05, 4.69) is 18.7 Å². The second-order valence-corrected chi connectivity index (χ2v) is 6.05. The van der Waals surface area contributed by atoms with Crippen LogP contribution in [-0.2, 0) is 4.74 Å². The summed E-state index contributed by atoms with van der Waals surface area (Å²) in [6.45, 7) is 8.79. The molecule has 2 rings (SSSR count). The normalized spacial score (nSPS) is 32.8. The molecular formula is C13H26N2O. The zero-order valence-electron chi connectivity index (χ0n) is 10.7. The smallest absolute Gasteiger partial charge is 0.0743 e. The maximum absolute atomic E-state index is 5.93. The van der Waals surface area contributed by atoms with Gasteiger partial charge in [0.2, 0.25) is 0 Å². The summed E-state index contributed by atoms with van der Waals surface area (Å²) >= 11 is 0. The minimum Gasteiger partial charge on any atom is -0.377 e. The number of rotatable bonds is 3. The van der Waals surface area contributed by atoms with Crippen LogP contribution in [0.5, 0.6) is 0 Å². The average Bonchev–Trinajstić information content (AvgIpc) is 2.75. The van der Waals surface area contributed by atoms with Gasteiger partial charge in [0.15, 0.2) is 0 Å². The fraction of sp³-hybridized carbons (Fsp3) is 1.00. The van der Waals surface area contributed by atoms with Crippen molar-refractivity contribution in [3.05, 3.63) is 0 Å². The molecule has 3 heteroatoms. The van der Waals surface area contributed by atoms with Crippen molar-refractivity contribution in [1.29, 1.82) is 0 Å². The van der Waals surface area contributed by atoms with Crippen LogP contribution in [0.25, 0.3) is 0 Å². The highest BCUT2D eigenvalue weighted by Crippen LogP contribution is 2.32. The van der Waals surface area contributed by atoms with Crippen LogP contribution in [0.3, 0.4) is 0 Å². The van der Waals surface area contributed by atoms with Gasteiger partial charge < -0.3 is 10.5 Å². The van der Waals surface area contributed by atoms with Crippen molar-refractivity contribution in [2.75, 3.05) is 26.2 Å². The van der Waals surface area contributed by atoms with Crippen molar-refractivity contribution in [2.45, 2.75) is 51.7 Å². The van der Waals surface area contributed by atoms with Gasteiger partial charge in [0, 0.05) is 19.2 Å². The summed E-state index contributed by atoms with van der Waals surface area (Å²) in [7, 11) is 0. The van der Waals surface area contributed by atoms with E-state index in [1.807, 2.05) is 0 Å². The first-order chi connectivity index (χ1) is 7.62. The molecule has 2 aliphatic heterocycles. The topological polar surface area (TPSA) is 38.5 Å². The third kappa shape index (κ3) is 2.76. The molecule has 0 aromatic rings. The summed E-state index contributed by atoms with van der Waals surface area (Å²) in [6, 6.07) is 0.457. The van der Waals surface area contributed by atoms with Crippen molar-refractivity contribution >= 4 is 0 Å². The molecule has 0 spiro atoms. The zero-order chi connectivity index (χ0) is 11.6. The van der Waals surface area contributed by atoms with Crippen LogP contribution < -0.4 is 5.73 Å². The van der Waals surface area contributed by atoms with Crippen LogP contribution in [0.4, 0.5) is 0 Å². The van der Waals surface area contributed by atoms with Gasteiger partial charge in [-0.15, -0.1) is 0 Å². The number of ether oxygens (including phenoxy) is 1. The Hall–Kier alpha value is -0.120. The summed E-state index contributed by atoms with van der Waals surface area (Å²) in [6.07, 6.45) is 5.38. The van der Waals surface area contributed by atoms with Gasteiger partial charge in [-0.1, -0.05) is 13.8 Å². The highest BCUT2D eigenvalue weighted by molar-refractivity contribution is 4.88. The third-order valence-electron chi connectivity index (χ3n) is 4.26. The fourth-order valence-corrected chi connectivity index (χ4v) is 2.90. The highest BCUT2D eigenvalue weighted by atomic mass is 16.5. The van der Waals surface area contributed by atoms with E-state index in [9.17, 15) is 0 Å². The van der Waals surface area contributed by atoms with Gasteiger partial charge in [0.05, 0.1) is 6.10 Å². The van der Waals surface area contributed by atoms with Gasteiger partial charge in [-0.05, 0) is 44.2 Å². The van der Waals surface area contributed by atoms with Gasteiger partial charge in [0.25, 0.3) is 0 Å². The minimum absolute atomic E-state index is 0.395. The SMILES string of the molecule is CC1(C)CCN(C(CN)C2CCCO2)CC1. The summed E-state index contributed by atoms with van der Waals surface area (Å²) in [5, 5.41) is 0. The van der Waals surface area contributed by atoms with E-state index in [-0.39, 0.29) is 0 Å². The Kier molecular flexibility index (Phi) is 3.88. The number of hydrogen-bond acceptors (Lipinski definition) is 3. The minimum atomic E-state index is 0.395. The maximum atomic E-state index is 5.93. The van der Waals surface area contributed by atoms with E-state index in [1.54, 1.807) is 0 Å². The lowest BCUT2D eigenvalue weighted by Gasteiger charge is -2.42. The van der Waals surface area contributed by atoms with Crippen molar-refractivity contribution in [2.24, 2.45) is 11.1 Å². The summed E-state index contributed by atoms with van der Waals surface area (Å²) in [5.41, 5.74) is 6.45. The fourth-order valence-electron chi connectivity index (χ4n) is 2.90. The molecule has 2 atom stereocenters. The van der Waals surface area contributed by atoms with E-state index in [0.717, 1.165) is 13.2 Å². The lowest BCUT2D eigenvalue weighted by molar-refractivity contribution is 0.00352. The Morgan fingerprint density at radius 2 is 2.06 bits per heavy atom. The molecule has 0 aromatic heterocycles.